The van der Waals surface area contributed by atoms with Crippen molar-refractivity contribution < 1.29 is 0 Å². The monoisotopic (exact) mass is 415 g/mol. The van der Waals surface area contributed by atoms with Crippen LogP contribution in [0, 0.1) is 20.8 Å². The number of allylic oxidation sites excluding steroid dienone is 1. The van der Waals surface area contributed by atoms with Gasteiger partial charge in [-0.15, -0.1) is 6.58 Å². The van der Waals surface area contributed by atoms with Crippen LogP contribution < -0.4 is 5.73 Å². The van der Waals surface area contributed by atoms with Crippen molar-refractivity contribution in [1.29, 1.82) is 0 Å². The van der Waals surface area contributed by atoms with Crippen molar-refractivity contribution in [2.75, 3.05) is 0 Å². The Bertz CT molecular complexity index is 1110. The number of nitrogens with two attached hydrogens (primary N) is 1. The average molecular weight is 416 g/mol. The second-order valence-electron chi connectivity index (χ2n) is 7.71. The van der Waals surface area contributed by atoms with Gasteiger partial charge in [-0.3, -0.25) is 9.97 Å². The van der Waals surface area contributed by atoms with E-state index in [4.69, 9.17) is 10.7 Å². The highest BCUT2D eigenvalue weighted by Gasteiger charge is 2.07. The van der Waals surface area contributed by atoms with Crippen LogP contribution in [0.4, 0.5) is 5.82 Å². The number of rotatable bonds is 6. The highest BCUT2D eigenvalue weighted by atomic mass is 15.0. The molecule has 3 heterocycles. The van der Waals surface area contributed by atoms with Crippen LogP contribution in [0.3, 0.4) is 0 Å². The first kappa shape index (κ1) is 23.9. The van der Waals surface area contributed by atoms with E-state index in [1.165, 1.54) is 5.57 Å². The minimum Gasteiger partial charge on any atom is -0.387 e. The highest BCUT2D eigenvalue weighted by Crippen LogP contribution is 2.22. The molecule has 0 spiro atoms. The van der Waals surface area contributed by atoms with Gasteiger partial charge in [0.15, 0.2) is 5.82 Å². The van der Waals surface area contributed by atoms with Gasteiger partial charge in [0.2, 0.25) is 0 Å². The Morgan fingerprint density at radius 1 is 1.13 bits per heavy atom. The largest absolute Gasteiger partial charge is 0.387 e. The lowest BCUT2D eigenvalue weighted by Gasteiger charge is -2.08. The van der Waals surface area contributed by atoms with E-state index >= 15 is 0 Å². The van der Waals surface area contributed by atoms with Crippen molar-refractivity contribution >= 4 is 28.6 Å². The van der Waals surface area contributed by atoms with Gasteiger partial charge in [-0.05, 0) is 69.9 Å². The molecule has 3 aromatic rings. The van der Waals surface area contributed by atoms with Gasteiger partial charge in [-0.1, -0.05) is 25.2 Å². The van der Waals surface area contributed by atoms with Crippen LogP contribution in [0.25, 0.3) is 17.0 Å². The van der Waals surface area contributed by atoms with Crippen LogP contribution in [0.1, 0.15) is 54.8 Å². The number of amidine groups is 1. The zero-order valence-electron chi connectivity index (χ0n) is 19.4. The smallest absolute Gasteiger partial charge is 0.161 e. The van der Waals surface area contributed by atoms with Crippen LogP contribution in [-0.2, 0) is 6.42 Å². The molecule has 0 aliphatic rings. The lowest BCUT2D eigenvalue weighted by Crippen LogP contribution is -2.13. The summed E-state index contributed by atoms with van der Waals surface area (Å²) in [5, 5.41) is 1.09. The SMILES string of the molecule is C=C(C)CC.C=Cc1c(C)ccnc1N=C(N)CCc1ccc2c(C)ncc(C)c2n1. The molecule has 31 heavy (non-hydrogen) atoms. The third kappa shape index (κ3) is 6.57. The predicted molar refractivity (Wildman–Crippen MR) is 133 cm³/mol. The highest BCUT2D eigenvalue weighted by molar-refractivity contribution is 5.85. The lowest BCUT2D eigenvalue weighted by molar-refractivity contribution is 0.971. The Morgan fingerprint density at radius 3 is 2.48 bits per heavy atom. The number of hydrogen-bond donors (Lipinski definition) is 1. The molecule has 0 atom stereocenters. The topological polar surface area (TPSA) is 77.0 Å². The van der Waals surface area contributed by atoms with E-state index in [1.54, 1.807) is 12.3 Å². The second-order valence-corrected chi connectivity index (χ2v) is 7.71. The Hall–Kier alpha value is -3.34. The number of aliphatic imine (C=N–C) groups is 1. The zero-order valence-corrected chi connectivity index (χ0v) is 19.4. The van der Waals surface area contributed by atoms with E-state index < -0.39 is 0 Å². The normalized spacial score (nSPS) is 11.1. The number of hydrogen-bond acceptors (Lipinski definition) is 4. The van der Waals surface area contributed by atoms with Crippen molar-refractivity contribution in [3.05, 3.63) is 77.4 Å². The van der Waals surface area contributed by atoms with Crippen LogP contribution in [0.15, 0.2) is 54.3 Å². The fourth-order valence-electron chi connectivity index (χ4n) is 2.90. The van der Waals surface area contributed by atoms with E-state index in [2.05, 4.69) is 41.1 Å². The Morgan fingerprint density at radius 2 is 1.84 bits per heavy atom. The van der Waals surface area contributed by atoms with Crippen molar-refractivity contribution in [2.24, 2.45) is 10.7 Å². The number of pyridine rings is 3. The summed E-state index contributed by atoms with van der Waals surface area (Å²) < 4.78 is 0. The standard InChI is InChI=1S/C21H23N5.C5H10/c1-5-17-13(2)10-11-23-21(17)26-19(22)9-7-16-6-8-18-15(4)24-12-14(3)20(18)25-16;1-4-5(2)3/h5-6,8,10-12H,1,7,9H2,2-4H3,(H2,22,23,26);2,4H2,1,3H3. The number of fused-ring (bicyclic) bond motifs is 1. The first-order chi connectivity index (χ1) is 14.8. The van der Waals surface area contributed by atoms with Crippen molar-refractivity contribution in [3.8, 4) is 0 Å². The maximum Gasteiger partial charge on any atom is 0.161 e. The summed E-state index contributed by atoms with van der Waals surface area (Å²) in [5.41, 5.74) is 13.4. The first-order valence-electron chi connectivity index (χ1n) is 10.5. The van der Waals surface area contributed by atoms with E-state index in [9.17, 15) is 0 Å². The van der Waals surface area contributed by atoms with Crippen molar-refractivity contribution in [1.82, 2.24) is 15.0 Å². The third-order valence-electron chi connectivity index (χ3n) is 5.05. The van der Waals surface area contributed by atoms with E-state index in [1.807, 2.05) is 46.0 Å². The Labute approximate surface area is 185 Å². The number of nitrogens with zero attached hydrogens (tertiary/aromatic N) is 4. The van der Waals surface area contributed by atoms with Crippen molar-refractivity contribution in [2.45, 2.75) is 53.9 Å². The summed E-state index contributed by atoms with van der Waals surface area (Å²) in [6.07, 6.45) is 7.82. The Balaban J connectivity index is 0.000000614. The van der Waals surface area contributed by atoms with Crippen LogP contribution in [0.2, 0.25) is 0 Å². The predicted octanol–water partition coefficient (Wildman–Crippen LogP) is 6.19. The Kier molecular flexibility index (Phi) is 8.62. The molecule has 0 amide bonds. The maximum absolute atomic E-state index is 6.13. The van der Waals surface area contributed by atoms with Crippen LogP contribution in [0.5, 0.6) is 0 Å². The van der Waals surface area contributed by atoms with Gasteiger partial charge in [0, 0.05) is 41.2 Å². The average Bonchev–Trinajstić information content (AvgIpc) is 2.75. The minimum absolute atomic E-state index is 0.538. The fraction of sp³-hybridized carbons (Fsp3) is 0.308. The maximum atomic E-state index is 6.13. The lowest BCUT2D eigenvalue weighted by atomic mass is 10.1. The summed E-state index contributed by atoms with van der Waals surface area (Å²) in [5.74, 6) is 1.15. The molecule has 5 nitrogen and oxygen atoms in total. The van der Waals surface area contributed by atoms with Gasteiger partial charge in [-0.25, -0.2) is 9.98 Å². The summed E-state index contributed by atoms with van der Waals surface area (Å²) in [6.45, 7) is 17.7. The number of aryl methyl sites for hydroxylation is 4. The molecule has 162 valence electrons. The summed E-state index contributed by atoms with van der Waals surface area (Å²) in [6, 6.07) is 6.05. The molecule has 0 fully saturated rings. The van der Waals surface area contributed by atoms with E-state index in [-0.39, 0.29) is 0 Å². The quantitative estimate of drug-likeness (QED) is 0.296. The molecule has 5 heteroatoms. The minimum atomic E-state index is 0.538. The molecular formula is C26H33N5. The van der Waals surface area contributed by atoms with Crippen LogP contribution in [-0.4, -0.2) is 20.8 Å². The van der Waals surface area contributed by atoms with Gasteiger partial charge in [-0.2, -0.15) is 0 Å². The fourth-order valence-corrected chi connectivity index (χ4v) is 2.90. The van der Waals surface area contributed by atoms with Gasteiger partial charge >= 0.3 is 0 Å². The second kappa shape index (κ2) is 11.2. The molecule has 2 N–H and O–H groups in total. The number of aromatic nitrogens is 3. The van der Waals surface area contributed by atoms with E-state index in [0.29, 0.717) is 18.1 Å². The van der Waals surface area contributed by atoms with Gasteiger partial charge in [0.1, 0.15) is 5.84 Å². The molecule has 3 aromatic heterocycles. The van der Waals surface area contributed by atoms with Crippen LogP contribution >= 0.6 is 0 Å². The molecule has 0 radical (unpaired) electrons. The zero-order chi connectivity index (χ0) is 23.0. The van der Waals surface area contributed by atoms with Gasteiger partial charge in [0.25, 0.3) is 0 Å². The first-order valence-corrected chi connectivity index (χ1v) is 10.5. The van der Waals surface area contributed by atoms with Gasteiger partial charge in [0.05, 0.1) is 5.52 Å². The molecule has 0 aliphatic carbocycles. The molecule has 0 aliphatic heterocycles. The summed E-state index contributed by atoms with van der Waals surface area (Å²) >= 11 is 0. The molecule has 0 saturated heterocycles. The summed E-state index contributed by atoms with van der Waals surface area (Å²) in [4.78, 5) is 17.9. The third-order valence-corrected chi connectivity index (χ3v) is 5.05. The molecule has 3 rings (SSSR count). The molecular weight excluding hydrogens is 382 g/mol. The molecule has 0 saturated carbocycles. The van der Waals surface area contributed by atoms with Crippen molar-refractivity contribution in [3.63, 3.8) is 0 Å². The van der Waals surface area contributed by atoms with Gasteiger partial charge < -0.3 is 5.73 Å². The molecule has 0 aromatic carbocycles. The molecule has 0 bridgehead atoms. The molecule has 0 unspecified atom stereocenters. The summed E-state index contributed by atoms with van der Waals surface area (Å²) in [7, 11) is 0. The van der Waals surface area contributed by atoms with E-state index in [0.717, 1.165) is 51.8 Å².